The average molecular weight is 284 g/mol. The van der Waals surface area contributed by atoms with Crippen LogP contribution in [0.2, 0.25) is 0 Å². The molecule has 18 heavy (non-hydrogen) atoms. The van der Waals surface area contributed by atoms with Crippen molar-refractivity contribution in [2.45, 2.75) is 55.6 Å². The molecule has 0 aliphatic heterocycles. The Kier molecular flexibility index (Phi) is 4.94. The quantitative estimate of drug-likeness (QED) is 0.834. The third-order valence-electron chi connectivity index (χ3n) is 3.40. The standard InChI is InChI=1S/C11H19F3N2OS/c1-10(15,11(12,13)14)9(17)16-7-3-5-8(18-2)6-4-7/h7-8H,3-6,15H2,1-2H3,(H,16,17). The number of hydrogen-bond donors (Lipinski definition) is 2. The molecule has 1 unspecified atom stereocenters. The zero-order valence-electron chi connectivity index (χ0n) is 10.5. The summed E-state index contributed by atoms with van der Waals surface area (Å²) < 4.78 is 37.7. The van der Waals surface area contributed by atoms with Crippen molar-refractivity contribution in [3.63, 3.8) is 0 Å². The predicted molar refractivity (Wildman–Crippen MR) is 66.3 cm³/mol. The molecule has 1 aliphatic rings. The van der Waals surface area contributed by atoms with E-state index in [1.54, 1.807) is 11.8 Å². The number of halogens is 3. The number of hydrogen-bond acceptors (Lipinski definition) is 3. The highest BCUT2D eigenvalue weighted by Crippen LogP contribution is 2.30. The molecule has 0 bridgehead atoms. The maximum absolute atomic E-state index is 12.6. The Bertz CT molecular complexity index is 299. The molecule has 7 heteroatoms. The minimum absolute atomic E-state index is 0.189. The highest BCUT2D eigenvalue weighted by atomic mass is 32.2. The number of nitrogens with two attached hydrogens (primary N) is 1. The molecule has 0 heterocycles. The highest BCUT2D eigenvalue weighted by Gasteiger charge is 2.54. The third-order valence-corrected chi connectivity index (χ3v) is 4.54. The van der Waals surface area contributed by atoms with E-state index in [1.807, 2.05) is 6.26 Å². The Labute approximate surface area is 109 Å². The topological polar surface area (TPSA) is 55.1 Å². The van der Waals surface area contributed by atoms with Crippen LogP contribution in [-0.4, -0.2) is 35.2 Å². The first-order valence-electron chi connectivity index (χ1n) is 5.88. The van der Waals surface area contributed by atoms with Gasteiger partial charge in [0.1, 0.15) is 0 Å². The second-order valence-electron chi connectivity index (χ2n) is 4.88. The monoisotopic (exact) mass is 284 g/mol. The lowest BCUT2D eigenvalue weighted by molar-refractivity contribution is -0.187. The summed E-state index contributed by atoms with van der Waals surface area (Å²) in [6, 6.07) is -0.189. The number of alkyl halides is 3. The van der Waals surface area contributed by atoms with E-state index in [0.29, 0.717) is 25.0 Å². The second kappa shape index (κ2) is 5.69. The van der Waals surface area contributed by atoms with Gasteiger partial charge in [0.05, 0.1) is 0 Å². The van der Waals surface area contributed by atoms with E-state index >= 15 is 0 Å². The van der Waals surface area contributed by atoms with Crippen LogP contribution in [0, 0.1) is 0 Å². The van der Waals surface area contributed by atoms with E-state index in [-0.39, 0.29) is 6.04 Å². The van der Waals surface area contributed by atoms with Gasteiger partial charge < -0.3 is 11.1 Å². The Morgan fingerprint density at radius 2 is 1.78 bits per heavy atom. The zero-order valence-corrected chi connectivity index (χ0v) is 11.3. The van der Waals surface area contributed by atoms with E-state index in [9.17, 15) is 18.0 Å². The summed E-state index contributed by atoms with van der Waals surface area (Å²) in [6.07, 6.45) is 0.549. The Balaban J connectivity index is 2.51. The molecular weight excluding hydrogens is 265 g/mol. The third kappa shape index (κ3) is 3.54. The summed E-state index contributed by atoms with van der Waals surface area (Å²) in [5, 5.41) is 2.96. The van der Waals surface area contributed by atoms with Crippen molar-refractivity contribution in [1.82, 2.24) is 5.32 Å². The van der Waals surface area contributed by atoms with E-state index in [1.165, 1.54) is 0 Å². The molecule has 1 fully saturated rings. The van der Waals surface area contributed by atoms with Crippen LogP contribution < -0.4 is 11.1 Å². The molecule has 106 valence electrons. The van der Waals surface area contributed by atoms with Gasteiger partial charge in [-0.15, -0.1) is 0 Å². The maximum atomic E-state index is 12.6. The molecule has 0 saturated heterocycles. The van der Waals surface area contributed by atoms with Crippen LogP contribution >= 0.6 is 11.8 Å². The number of nitrogens with one attached hydrogen (secondary N) is 1. The van der Waals surface area contributed by atoms with Crippen LogP contribution in [0.1, 0.15) is 32.6 Å². The minimum atomic E-state index is -4.73. The summed E-state index contributed by atoms with van der Waals surface area (Å²) in [7, 11) is 0. The number of carbonyl (C=O) groups is 1. The van der Waals surface area contributed by atoms with Crippen molar-refractivity contribution < 1.29 is 18.0 Å². The molecule has 3 N–H and O–H groups in total. The SMILES string of the molecule is CSC1CCC(NC(=O)C(C)(N)C(F)(F)F)CC1. The van der Waals surface area contributed by atoms with Crippen molar-refractivity contribution in [2.24, 2.45) is 5.73 Å². The van der Waals surface area contributed by atoms with Gasteiger partial charge in [-0.3, -0.25) is 4.79 Å². The summed E-state index contributed by atoms with van der Waals surface area (Å²) >= 11 is 1.76. The van der Waals surface area contributed by atoms with Gasteiger partial charge >= 0.3 is 6.18 Å². The lowest BCUT2D eigenvalue weighted by atomic mass is 9.93. The van der Waals surface area contributed by atoms with Crippen molar-refractivity contribution >= 4 is 17.7 Å². The first-order valence-corrected chi connectivity index (χ1v) is 7.16. The fourth-order valence-corrected chi connectivity index (χ4v) is 2.65. The Hall–Kier alpha value is -0.430. The second-order valence-corrected chi connectivity index (χ2v) is 6.02. The molecule has 0 radical (unpaired) electrons. The molecule has 3 nitrogen and oxygen atoms in total. The fourth-order valence-electron chi connectivity index (χ4n) is 1.91. The van der Waals surface area contributed by atoms with Crippen LogP contribution in [-0.2, 0) is 4.79 Å². The summed E-state index contributed by atoms with van der Waals surface area (Å²) in [5.41, 5.74) is 2.25. The van der Waals surface area contributed by atoms with Gasteiger partial charge in [0.25, 0.3) is 0 Å². The number of amides is 1. The smallest absolute Gasteiger partial charge is 0.351 e. The van der Waals surface area contributed by atoms with E-state index in [2.05, 4.69) is 5.32 Å². The van der Waals surface area contributed by atoms with Crippen LogP contribution in [0.5, 0.6) is 0 Å². The minimum Gasteiger partial charge on any atom is -0.351 e. The number of thioether (sulfide) groups is 1. The van der Waals surface area contributed by atoms with Crippen LogP contribution in [0.15, 0.2) is 0 Å². The average Bonchev–Trinajstić information content (AvgIpc) is 2.28. The molecule has 0 aromatic rings. The molecular formula is C11H19F3N2OS. The number of rotatable bonds is 3. The highest BCUT2D eigenvalue weighted by molar-refractivity contribution is 7.99. The van der Waals surface area contributed by atoms with Gasteiger partial charge in [0.2, 0.25) is 5.91 Å². The fraction of sp³-hybridized carbons (Fsp3) is 0.909. The molecule has 0 aromatic carbocycles. The predicted octanol–water partition coefficient (Wildman–Crippen LogP) is 2.06. The van der Waals surface area contributed by atoms with Crippen molar-refractivity contribution in [1.29, 1.82) is 0 Å². The maximum Gasteiger partial charge on any atom is 0.415 e. The van der Waals surface area contributed by atoms with Gasteiger partial charge in [-0.25, -0.2) is 0 Å². The molecule has 1 rings (SSSR count). The van der Waals surface area contributed by atoms with Gasteiger partial charge in [-0.05, 0) is 38.9 Å². The van der Waals surface area contributed by atoms with Gasteiger partial charge in [-0.1, -0.05) is 0 Å². The van der Waals surface area contributed by atoms with Gasteiger partial charge in [-0.2, -0.15) is 24.9 Å². The Morgan fingerprint density at radius 3 is 2.17 bits per heavy atom. The van der Waals surface area contributed by atoms with E-state index in [0.717, 1.165) is 12.8 Å². The van der Waals surface area contributed by atoms with Crippen LogP contribution in [0.3, 0.4) is 0 Å². The van der Waals surface area contributed by atoms with Gasteiger partial charge in [0, 0.05) is 11.3 Å². The summed E-state index contributed by atoms with van der Waals surface area (Å²) in [6.45, 7) is 0.704. The van der Waals surface area contributed by atoms with Crippen molar-refractivity contribution in [3.05, 3.63) is 0 Å². The summed E-state index contributed by atoms with van der Waals surface area (Å²) in [5.74, 6) is -1.14. The first-order chi connectivity index (χ1) is 8.18. The molecule has 1 atom stereocenters. The first kappa shape index (κ1) is 15.6. The van der Waals surface area contributed by atoms with Crippen molar-refractivity contribution in [2.75, 3.05) is 6.26 Å². The lowest BCUT2D eigenvalue weighted by Crippen LogP contribution is -2.62. The Morgan fingerprint density at radius 1 is 1.28 bits per heavy atom. The van der Waals surface area contributed by atoms with E-state index in [4.69, 9.17) is 5.73 Å². The molecule has 1 amide bonds. The number of carbonyl (C=O) groups excluding carboxylic acids is 1. The molecule has 1 saturated carbocycles. The normalized spacial score (nSPS) is 28.6. The largest absolute Gasteiger partial charge is 0.415 e. The van der Waals surface area contributed by atoms with Crippen molar-refractivity contribution in [3.8, 4) is 0 Å². The van der Waals surface area contributed by atoms with Crippen LogP contribution in [0.4, 0.5) is 13.2 Å². The van der Waals surface area contributed by atoms with Gasteiger partial charge in [0.15, 0.2) is 5.54 Å². The van der Waals surface area contributed by atoms with Crippen LogP contribution in [0.25, 0.3) is 0 Å². The molecule has 0 spiro atoms. The summed E-state index contributed by atoms with van der Waals surface area (Å²) in [4.78, 5) is 11.6. The molecule has 0 aromatic heterocycles. The lowest BCUT2D eigenvalue weighted by Gasteiger charge is -2.32. The van der Waals surface area contributed by atoms with E-state index < -0.39 is 17.6 Å². The zero-order chi connectivity index (χ0) is 14.0. The molecule has 1 aliphatic carbocycles.